The fraction of sp³-hybridized carbons (Fsp3) is 0.600. The maximum Gasteiger partial charge on any atom is 0.137 e. The van der Waals surface area contributed by atoms with E-state index < -0.39 is 0 Å². The third kappa shape index (κ3) is 4.26. The van der Waals surface area contributed by atoms with Gasteiger partial charge in [0.25, 0.3) is 0 Å². The van der Waals surface area contributed by atoms with Crippen LogP contribution in [0, 0.1) is 5.82 Å². The zero-order valence-electron chi connectivity index (χ0n) is 11.3. The molecular weight excluding hydrogens is 309 g/mol. The van der Waals surface area contributed by atoms with Gasteiger partial charge in [-0.15, -0.1) is 0 Å². The smallest absolute Gasteiger partial charge is 0.137 e. The second kappa shape index (κ2) is 7.36. The molecule has 106 valence electrons. The van der Waals surface area contributed by atoms with Crippen LogP contribution in [0.25, 0.3) is 0 Å². The van der Waals surface area contributed by atoms with Crippen LogP contribution in [0.15, 0.2) is 22.7 Å². The lowest BCUT2D eigenvalue weighted by Crippen LogP contribution is -2.22. The Kier molecular flexibility index (Phi) is 5.79. The molecule has 1 N–H and O–H groups in total. The summed E-state index contributed by atoms with van der Waals surface area (Å²) in [5.74, 6) is -0.197. The SMILES string of the molecule is CCNC(CCC1CCCO1)c1ccc(Br)c(F)c1. The first-order chi connectivity index (χ1) is 9.20. The second-order valence-corrected chi connectivity index (χ2v) is 5.85. The van der Waals surface area contributed by atoms with Crippen molar-refractivity contribution in [2.75, 3.05) is 13.2 Å². The molecule has 0 aromatic heterocycles. The van der Waals surface area contributed by atoms with Crippen molar-refractivity contribution < 1.29 is 9.13 Å². The molecule has 1 heterocycles. The predicted octanol–water partition coefficient (Wildman–Crippen LogP) is 4.20. The quantitative estimate of drug-likeness (QED) is 0.844. The van der Waals surface area contributed by atoms with E-state index in [2.05, 4.69) is 28.2 Å². The molecule has 19 heavy (non-hydrogen) atoms. The first kappa shape index (κ1) is 14.9. The van der Waals surface area contributed by atoms with E-state index in [0.29, 0.717) is 10.6 Å². The van der Waals surface area contributed by atoms with Crippen molar-refractivity contribution >= 4 is 15.9 Å². The van der Waals surface area contributed by atoms with Crippen molar-refractivity contribution in [3.8, 4) is 0 Å². The van der Waals surface area contributed by atoms with Crippen molar-refractivity contribution in [2.45, 2.75) is 44.8 Å². The molecule has 1 aliphatic rings. The zero-order chi connectivity index (χ0) is 13.7. The first-order valence-electron chi connectivity index (χ1n) is 7.00. The van der Waals surface area contributed by atoms with Gasteiger partial charge in [-0.25, -0.2) is 4.39 Å². The molecule has 1 fully saturated rings. The van der Waals surface area contributed by atoms with Gasteiger partial charge in [0, 0.05) is 12.6 Å². The Morgan fingerprint density at radius 3 is 3.00 bits per heavy atom. The van der Waals surface area contributed by atoms with Gasteiger partial charge in [-0.05, 0) is 65.9 Å². The number of nitrogens with one attached hydrogen (secondary N) is 1. The molecule has 0 saturated carbocycles. The standard InChI is InChI=1S/C15H21BrFNO/c1-2-18-15(8-6-12-4-3-9-19-12)11-5-7-13(16)14(17)10-11/h5,7,10,12,15,18H,2-4,6,8-9H2,1H3. The van der Waals surface area contributed by atoms with E-state index in [9.17, 15) is 4.39 Å². The third-order valence-corrected chi connectivity index (χ3v) is 4.24. The number of benzene rings is 1. The highest BCUT2D eigenvalue weighted by Crippen LogP contribution is 2.26. The van der Waals surface area contributed by atoms with Crippen LogP contribution in [-0.4, -0.2) is 19.3 Å². The lowest BCUT2D eigenvalue weighted by Gasteiger charge is -2.20. The van der Waals surface area contributed by atoms with Crippen molar-refractivity contribution in [3.63, 3.8) is 0 Å². The van der Waals surface area contributed by atoms with Crippen LogP contribution >= 0.6 is 15.9 Å². The molecule has 0 spiro atoms. The third-order valence-electron chi connectivity index (χ3n) is 3.60. The topological polar surface area (TPSA) is 21.3 Å². The van der Waals surface area contributed by atoms with Gasteiger partial charge in [0.15, 0.2) is 0 Å². The minimum absolute atomic E-state index is 0.197. The Bertz CT molecular complexity index is 407. The summed E-state index contributed by atoms with van der Waals surface area (Å²) < 4.78 is 19.8. The second-order valence-electron chi connectivity index (χ2n) is 5.00. The number of ether oxygens (including phenoxy) is 1. The molecule has 0 bridgehead atoms. The van der Waals surface area contributed by atoms with Gasteiger partial charge in [0.1, 0.15) is 5.82 Å². The summed E-state index contributed by atoms with van der Waals surface area (Å²) >= 11 is 3.19. The minimum atomic E-state index is -0.197. The van der Waals surface area contributed by atoms with Crippen molar-refractivity contribution in [1.29, 1.82) is 0 Å². The van der Waals surface area contributed by atoms with Crippen LogP contribution < -0.4 is 5.32 Å². The van der Waals surface area contributed by atoms with Crippen molar-refractivity contribution in [1.82, 2.24) is 5.32 Å². The lowest BCUT2D eigenvalue weighted by molar-refractivity contribution is 0.0996. The highest BCUT2D eigenvalue weighted by molar-refractivity contribution is 9.10. The molecule has 0 amide bonds. The molecule has 2 atom stereocenters. The summed E-state index contributed by atoms with van der Waals surface area (Å²) in [4.78, 5) is 0. The van der Waals surface area contributed by atoms with Crippen LogP contribution in [0.3, 0.4) is 0 Å². The molecular formula is C15H21BrFNO. The molecule has 4 heteroatoms. The van der Waals surface area contributed by atoms with Crippen molar-refractivity contribution in [2.24, 2.45) is 0 Å². The number of hydrogen-bond acceptors (Lipinski definition) is 2. The van der Waals surface area contributed by atoms with E-state index in [1.807, 2.05) is 6.07 Å². The Hall–Kier alpha value is -0.450. The summed E-state index contributed by atoms with van der Waals surface area (Å²) in [7, 11) is 0. The largest absolute Gasteiger partial charge is 0.378 e. The van der Waals surface area contributed by atoms with Gasteiger partial charge in [-0.2, -0.15) is 0 Å². The normalized spacial score (nSPS) is 20.7. The summed E-state index contributed by atoms with van der Waals surface area (Å²) in [6, 6.07) is 5.58. The molecule has 1 aromatic rings. The molecule has 0 aliphatic carbocycles. The predicted molar refractivity (Wildman–Crippen MR) is 78.7 cm³/mol. The number of hydrogen-bond donors (Lipinski definition) is 1. The Balaban J connectivity index is 1.99. The maximum absolute atomic E-state index is 13.6. The van der Waals surface area contributed by atoms with E-state index in [1.54, 1.807) is 12.1 Å². The fourth-order valence-corrected chi connectivity index (χ4v) is 2.83. The van der Waals surface area contributed by atoms with E-state index in [0.717, 1.165) is 38.0 Å². The average molecular weight is 330 g/mol. The van der Waals surface area contributed by atoms with Gasteiger partial charge < -0.3 is 10.1 Å². The minimum Gasteiger partial charge on any atom is -0.378 e. The maximum atomic E-state index is 13.6. The van der Waals surface area contributed by atoms with Gasteiger partial charge in [0.2, 0.25) is 0 Å². The summed E-state index contributed by atoms with van der Waals surface area (Å²) in [5.41, 5.74) is 1.01. The average Bonchev–Trinajstić information content (AvgIpc) is 2.91. The fourth-order valence-electron chi connectivity index (χ4n) is 2.59. The summed E-state index contributed by atoms with van der Waals surface area (Å²) in [6.07, 6.45) is 4.74. The number of halogens is 2. The van der Waals surface area contributed by atoms with Crippen LogP contribution in [0.4, 0.5) is 4.39 Å². The Morgan fingerprint density at radius 1 is 1.53 bits per heavy atom. The summed E-state index contributed by atoms with van der Waals surface area (Å²) in [5, 5.41) is 3.43. The first-order valence-corrected chi connectivity index (χ1v) is 7.80. The number of rotatable bonds is 6. The Labute approximate surface area is 122 Å². The van der Waals surface area contributed by atoms with Gasteiger partial charge in [-0.1, -0.05) is 13.0 Å². The van der Waals surface area contributed by atoms with Crippen LogP contribution in [0.2, 0.25) is 0 Å². The lowest BCUT2D eigenvalue weighted by atomic mass is 9.99. The van der Waals surface area contributed by atoms with Crippen molar-refractivity contribution in [3.05, 3.63) is 34.1 Å². The molecule has 0 radical (unpaired) electrons. The van der Waals surface area contributed by atoms with E-state index in [1.165, 1.54) is 6.42 Å². The van der Waals surface area contributed by atoms with Gasteiger partial charge in [-0.3, -0.25) is 0 Å². The van der Waals surface area contributed by atoms with E-state index in [-0.39, 0.29) is 11.9 Å². The van der Waals surface area contributed by atoms with Crippen LogP contribution in [-0.2, 0) is 4.74 Å². The molecule has 1 saturated heterocycles. The molecule has 2 nitrogen and oxygen atoms in total. The van der Waals surface area contributed by atoms with Crippen LogP contribution in [0.5, 0.6) is 0 Å². The molecule has 1 aromatic carbocycles. The van der Waals surface area contributed by atoms with Gasteiger partial charge in [0.05, 0.1) is 10.6 Å². The Morgan fingerprint density at radius 2 is 2.37 bits per heavy atom. The van der Waals surface area contributed by atoms with E-state index >= 15 is 0 Å². The van der Waals surface area contributed by atoms with Crippen LogP contribution in [0.1, 0.15) is 44.2 Å². The molecule has 1 aliphatic heterocycles. The highest BCUT2D eigenvalue weighted by atomic mass is 79.9. The van der Waals surface area contributed by atoms with Gasteiger partial charge >= 0.3 is 0 Å². The zero-order valence-corrected chi connectivity index (χ0v) is 12.9. The molecule has 2 unspecified atom stereocenters. The summed E-state index contributed by atoms with van der Waals surface area (Å²) in [6.45, 7) is 3.85. The monoisotopic (exact) mass is 329 g/mol. The highest BCUT2D eigenvalue weighted by Gasteiger charge is 2.19. The molecule has 2 rings (SSSR count). The van der Waals surface area contributed by atoms with E-state index in [4.69, 9.17) is 4.74 Å².